The average Bonchev–Trinajstić information content (AvgIpc) is 3.19. The lowest BCUT2D eigenvalue weighted by Crippen LogP contribution is -1.65. The molecule has 138 valence electrons. The fourth-order valence-electron chi connectivity index (χ4n) is 5.33. The molecule has 0 saturated heterocycles. The second kappa shape index (κ2) is 5.81. The Hall–Kier alpha value is -3.90. The average molecular weight is 378 g/mol. The molecule has 0 heterocycles. The van der Waals surface area contributed by atoms with Crippen LogP contribution in [0.3, 0.4) is 0 Å². The molecule has 0 nitrogen and oxygen atoms in total. The van der Waals surface area contributed by atoms with Crippen molar-refractivity contribution < 1.29 is 0 Å². The van der Waals surface area contributed by atoms with Crippen molar-refractivity contribution in [2.75, 3.05) is 0 Å². The van der Waals surface area contributed by atoms with Crippen molar-refractivity contribution in [3.8, 4) is 0 Å². The van der Waals surface area contributed by atoms with Crippen LogP contribution >= 0.6 is 0 Å². The second-order valence-electron chi connectivity index (χ2n) is 8.13. The summed E-state index contributed by atoms with van der Waals surface area (Å²) in [4.78, 5) is 0. The predicted molar refractivity (Wildman–Crippen MR) is 131 cm³/mol. The van der Waals surface area contributed by atoms with E-state index in [0.29, 0.717) is 0 Å². The van der Waals surface area contributed by atoms with Gasteiger partial charge in [-0.2, -0.15) is 0 Å². The third-order valence-electron chi connectivity index (χ3n) is 6.56. The Kier molecular flexibility index (Phi) is 3.09. The fraction of sp³-hybridized carbons (Fsp3) is 0. The molecule has 0 radical (unpaired) electrons. The van der Waals surface area contributed by atoms with E-state index < -0.39 is 0 Å². The van der Waals surface area contributed by atoms with E-state index in [2.05, 4.69) is 109 Å². The summed E-state index contributed by atoms with van der Waals surface area (Å²) in [6.07, 6.45) is 0. The van der Waals surface area contributed by atoms with Gasteiger partial charge in [0, 0.05) is 0 Å². The van der Waals surface area contributed by atoms with Crippen molar-refractivity contribution in [1.29, 1.82) is 0 Å². The SMILES string of the molecule is c1ccc2cc3c4ccc5ccccc(c54)c4c5cccccc5cc4c3c2cc1. The van der Waals surface area contributed by atoms with Gasteiger partial charge in [0.2, 0.25) is 0 Å². The zero-order chi connectivity index (χ0) is 19.7. The number of hydrogen-bond donors (Lipinski definition) is 0. The molecule has 0 saturated carbocycles. The van der Waals surface area contributed by atoms with Gasteiger partial charge < -0.3 is 0 Å². The van der Waals surface area contributed by atoms with Crippen LogP contribution in [-0.4, -0.2) is 0 Å². The van der Waals surface area contributed by atoms with E-state index in [1.54, 1.807) is 0 Å². The molecule has 0 aliphatic carbocycles. The van der Waals surface area contributed by atoms with Crippen LogP contribution in [0.15, 0.2) is 109 Å². The normalized spacial score (nSPS) is 12.0. The van der Waals surface area contributed by atoms with Crippen molar-refractivity contribution in [2.45, 2.75) is 0 Å². The zero-order valence-electron chi connectivity index (χ0n) is 16.4. The summed E-state index contributed by atoms with van der Waals surface area (Å²) in [5, 5.41) is 16.0. The Morgan fingerprint density at radius 3 is 1.57 bits per heavy atom. The van der Waals surface area contributed by atoms with Gasteiger partial charge in [-0.15, -0.1) is 0 Å². The van der Waals surface area contributed by atoms with Crippen molar-refractivity contribution in [3.63, 3.8) is 0 Å². The first-order chi connectivity index (χ1) is 14.9. The lowest BCUT2D eigenvalue weighted by atomic mass is 10.1. The van der Waals surface area contributed by atoms with Gasteiger partial charge >= 0.3 is 0 Å². The summed E-state index contributed by atoms with van der Waals surface area (Å²) >= 11 is 0. The Labute approximate surface area is 174 Å². The summed E-state index contributed by atoms with van der Waals surface area (Å²) in [6.45, 7) is 0. The lowest BCUT2D eigenvalue weighted by molar-refractivity contribution is 1.89. The minimum atomic E-state index is 1.29. The molecule has 0 amide bonds. The van der Waals surface area contributed by atoms with Gasteiger partial charge in [0.1, 0.15) is 0 Å². The van der Waals surface area contributed by atoms with E-state index in [1.165, 1.54) is 64.6 Å². The molecular formula is C30H18. The lowest BCUT2D eigenvalue weighted by Gasteiger charge is -1.94. The first-order valence-corrected chi connectivity index (χ1v) is 10.5. The van der Waals surface area contributed by atoms with E-state index >= 15 is 0 Å². The molecule has 0 aliphatic heterocycles. The number of rotatable bonds is 0. The second-order valence-corrected chi connectivity index (χ2v) is 8.13. The first-order valence-electron chi connectivity index (χ1n) is 10.5. The molecule has 0 bridgehead atoms. The summed E-state index contributed by atoms with van der Waals surface area (Å²) in [6, 6.07) is 40.0. The van der Waals surface area contributed by atoms with Crippen LogP contribution in [0.4, 0.5) is 0 Å². The smallest absolute Gasteiger partial charge is 0.00197 e. The molecule has 0 unspecified atom stereocenters. The van der Waals surface area contributed by atoms with Crippen LogP contribution in [0.1, 0.15) is 0 Å². The van der Waals surface area contributed by atoms with Gasteiger partial charge in [-0.3, -0.25) is 0 Å². The van der Waals surface area contributed by atoms with Crippen molar-refractivity contribution >= 4 is 64.6 Å². The summed E-state index contributed by atoms with van der Waals surface area (Å²) in [5.41, 5.74) is 0. The van der Waals surface area contributed by atoms with Gasteiger partial charge in [0.25, 0.3) is 0 Å². The third kappa shape index (κ3) is 2.00. The van der Waals surface area contributed by atoms with Gasteiger partial charge in [-0.25, -0.2) is 0 Å². The van der Waals surface area contributed by atoms with Gasteiger partial charge in [-0.05, 0) is 76.8 Å². The molecule has 7 aromatic rings. The highest BCUT2D eigenvalue weighted by Gasteiger charge is 2.16. The molecular weight excluding hydrogens is 360 g/mol. The standard InChI is InChI=1S/C30H18/c1-3-10-20-17-26-24-16-15-19-9-7-8-14-25(28(19)24)29-22-12-5-2-4-11-21(22)18-27(29)30(26)23(20)13-6-1/h1-18H. The quantitative estimate of drug-likeness (QED) is 0.248. The Morgan fingerprint density at radius 1 is 0.267 bits per heavy atom. The largest absolute Gasteiger partial charge is 0.0622 e. The minimum Gasteiger partial charge on any atom is -0.0622 e. The highest BCUT2D eigenvalue weighted by molar-refractivity contribution is 6.39. The molecule has 0 aliphatic rings. The van der Waals surface area contributed by atoms with E-state index in [4.69, 9.17) is 0 Å². The maximum absolute atomic E-state index is 2.39. The molecule has 0 fully saturated rings. The van der Waals surface area contributed by atoms with Gasteiger partial charge in [0.05, 0.1) is 0 Å². The van der Waals surface area contributed by atoms with Crippen LogP contribution in [-0.2, 0) is 0 Å². The Balaban J connectivity index is 1.98. The van der Waals surface area contributed by atoms with Crippen LogP contribution in [0.2, 0.25) is 0 Å². The Bertz CT molecular complexity index is 1790. The van der Waals surface area contributed by atoms with Crippen LogP contribution in [0.5, 0.6) is 0 Å². The van der Waals surface area contributed by atoms with Crippen molar-refractivity contribution in [1.82, 2.24) is 0 Å². The molecule has 0 aromatic heterocycles. The highest BCUT2D eigenvalue weighted by Crippen LogP contribution is 2.45. The third-order valence-corrected chi connectivity index (χ3v) is 6.56. The summed E-state index contributed by atoms with van der Waals surface area (Å²) in [7, 11) is 0. The zero-order valence-corrected chi connectivity index (χ0v) is 16.4. The molecule has 7 aromatic carbocycles. The predicted octanol–water partition coefficient (Wildman–Crippen LogP) is 8.61. The molecule has 0 spiro atoms. The Morgan fingerprint density at radius 2 is 0.800 bits per heavy atom. The van der Waals surface area contributed by atoms with E-state index in [0.717, 1.165) is 0 Å². The minimum absolute atomic E-state index is 1.29. The molecule has 0 atom stereocenters. The van der Waals surface area contributed by atoms with Crippen LogP contribution in [0.25, 0.3) is 64.6 Å². The molecule has 0 heteroatoms. The van der Waals surface area contributed by atoms with Crippen molar-refractivity contribution in [3.05, 3.63) is 109 Å². The van der Waals surface area contributed by atoms with Crippen LogP contribution in [0, 0.1) is 0 Å². The summed E-state index contributed by atoms with van der Waals surface area (Å²) < 4.78 is 0. The fourth-order valence-corrected chi connectivity index (χ4v) is 5.33. The first kappa shape index (κ1) is 16.0. The highest BCUT2D eigenvalue weighted by atomic mass is 14.2. The van der Waals surface area contributed by atoms with E-state index in [1.807, 2.05) is 0 Å². The van der Waals surface area contributed by atoms with Crippen LogP contribution < -0.4 is 0 Å². The number of fused-ring (bicyclic) bond motifs is 9. The van der Waals surface area contributed by atoms with Gasteiger partial charge in [0.15, 0.2) is 0 Å². The topological polar surface area (TPSA) is 0 Å². The van der Waals surface area contributed by atoms with E-state index in [-0.39, 0.29) is 0 Å². The van der Waals surface area contributed by atoms with Crippen molar-refractivity contribution in [2.24, 2.45) is 0 Å². The van der Waals surface area contributed by atoms with E-state index in [9.17, 15) is 0 Å². The monoisotopic (exact) mass is 378 g/mol. The van der Waals surface area contributed by atoms with Gasteiger partial charge in [-0.1, -0.05) is 97.1 Å². The maximum Gasteiger partial charge on any atom is -0.00197 e. The molecule has 0 N–H and O–H groups in total. The molecule has 30 heavy (non-hydrogen) atoms. The summed E-state index contributed by atoms with van der Waals surface area (Å²) in [5.74, 6) is 0. The molecule has 7 rings (SSSR count). The number of hydrogen-bond acceptors (Lipinski definition) is 0. The maximum atomic E-state index is 2.39.